The molecule has 1 aliphatic rings. The van der Waals surface area contributed by atoms with Crippen LogP contribution in [-0.4, -0.2) is 24.0 Å². The number of rotatable bonds is 4. The van der Waals surface area contributed by atoms with Gasteiger partial charge in [0, 0.05) is 6.04 Å². The van der Waals surface area contributed by atoms with Crippen LogP contribution in [0.3, 0.4) is 0 Å². The third kappa shape index (κ3) is 3.62. The fraction of sp³-hybridized carbons (Fsp3) is 0.600. The zero-order valence-electron chi connectivity index (χ0n) is 11.9. The van der Waals surface area contributed by atoms with E-state index >= 15 is 0 Å². The van der Waals surface area contributed by atoms with Gasteiger partial charge in [-0.1, -0.05) is 19.8 Å². The zero-order valence-corrected chi connectivity index (χ0v) is 11.9. The number of hydrogen-bond donors (Lipinski definition) is 1. The van der Waals surface area contributed by atoms with Gasteiger partial charge in [0.15, 0.2) is 6.10 Å². The molecule has 1 saturated carbocycles. The van der Waals surface area contributed by atoms with E-state index in [0.717, 1.165) is 19.3 Å². The lowest BCUT2D eigenvalue weighted by Crippen LogP contribution is -2.45. The van der Waals surface area contributed by atoms with Crippen LogP contribution in [0, 0.1) is 5.92 Å². The summed E-state index contributed by atoms with van der Waals surface area (Å²) in [6.45, 7) is 3.72. The third-order valence-corrected chi connectivity index (χ3v) is 3.81. The highest BCUT2D eigenvalue weighted by molar-refractivity contribution is 5.90. The van der Waals surface area contributed by atoms with Crippen LogP contribution < -0.4 is 5.32 Å². The average Bonchev–Trinajstić information content (AvgIpc) is 2.95. The number of carbonyl (C=O) groups is 2. The summed E-state index contributed by atoms with van der Waals surface area (Å²) in [5.41, 5.74) is 0. The number of carbonyl (C=O) groups excluding carboxylic acids is 2. The maximum atomic E-state index is 12.0. The van der Waals surface area contributed by atoms with Gasteiger partial charge in [0.05, 0.1) is 6.26 Å². The number of hydrogen-bond acceptors (Lipinski definition) is 4. The van der Waals surface area contributed by atoms with Crippen LogP contribution in [0.5, 0.6) is 0 Å². The molecule has 1 aliphatic carbocycles. The average molecular weight is 279 g/mol. The lowest BCUT2D eigenvalue weighted by molar-refractivity contribution is -0.130. The molecule has 0 bridgehead atoms. The monoisotopic (exact) mass is 279 g/mol. The van der Waals surface area contributed by atoms with Crippen molar-refractivity contribution < 1.29 is 18.7 Å². The van der Waals surface area contributed by atoms with Gasteiger partial charge in [-0.25, -0.2) is 4.79 Å². The highest BCUT2D eigenvalue weighted by Crippen LogP contribution is 2.23. The maximum absolute atomic E-state index is 12.0. The van der Waals surface area contributed by atoms with Gasteiger partial charge in [-0.05, 0) is 37.8 Å². The SMILES string of the molecule is C[C@@H](OC(=O)c1ccco1)C(=O)N[C@@H]1CCCC[C@@H]1C. The van der Waals surface area contributed by atoms with Gasteiger partial charge >= 0.3 is 5.97 Å². The maximum Gasteiger partial charge on any atom is 0.374 e. The standard InChI is InChI=1S/C15H21NO4/c1-10-6-3-4-7-12(10)16-14(17)11(2)20-15(18)13-8-5-9-19-13/h5,8-12H,3-4,6-7H2,1-2H3,(H,16,17)/t10-,11+,12+/m0/s1. The van der Waals surface area contributed by atoms with Crippen molar-refractivity contribution in [1.29, 1.82) is 0 Å². The Bertz CT molecular complexity index is 454. The van der Waals surface area contributed by atoms with Gasteiger partial charge in [0.1, 0.15) is 0 Å². The molecular formula is C15H21NO4. The molecule has 3 atom stereocenters. The second-order valence-corrected chi connectivity index (χ2v) is 5.40. The Balaban J connectivity index is 1.84. The molecule has 0 aliphatic heterocycles. The lowest BCUT2D eigenvalue weighted by Gasteiger charge is -2.30. The highest BCUT2D eigenvalue weighted by atomic mass is 16.6. The van der Waals surface area contributed by atoms with E-state index in [1.54, 1.807) is 13.0 Å². The fourth-order valence-electron chi connectivity index (χ4n) is 2.50. The van der Waals surface area contributed by atoms with Crippen LogP contribution in [0.1, 0.15) is 50.1 Å². The third-order valence-electron chi connectivity index (χ3n) is 3.81. The molecule has 110 valence electrons. The van der Waals surface area contributed by atoms with Gasteiger partial charge in [0.2, 0.25) is 5.76 Å². The molecule has 5 heteroatoms. The van der Waals surface area contributed by atoms with Crippen LogP contribution in [-0.2, 0) is 9.53 Å². The molecule has 0 unspecified atom stereocenters. The molecule has 0 aromatic carbocycles. The second kappa shape index (κ2) is 6.59. The molecule has 1 N–H and O–H groups in total. The van der Waals surface area contributed by atoms with E-state index in [2.05, 4.69) is 12.2 Å². The van der Waals surface area contributed by atoms with Crippen LogP contribution >= 0.6 is 0 Å². The minimum absolute atomic E-state index is 0.107. The molecule has 20 heavy (non-hydrogen) atoms. The van der Waals surface area contributed by atoms with Crippen molar-refractivity contribution in [1.82, 2.24) is 5.32 Å². The Labute approximate surface area is 118 Å². The predicted molar refractivity (Wildman–Crippen MR) is 73.1 cm³/mol. The lowest BCUT2D eigenvalue weighted by atomic mass is 9.86. The van der Waals surface area contributed by atoms with Crippen molar-refractivity contribution in [2.45, 2.75) is 51.7 Å². The molecule has 0 saturated heterocycles. The summed E-state index contributed by atoms with van der Waals surface area (Å²) in [5, 5.41) is 2.97. The summed E-state index contributed by atoms with van der Waals surface area (Å²) in [6.07, 6.45) is 5.05. The predicted octanol–water partition coefficient (Wildman–Crippen LogP) is 2.52. The smallest absolute Gasteiger partial charge is 0.374 e. The number of amides is 1. The summed E-state index contributed by atoms with van der Waals surface area (Å²) in [5.74, 6) is -0.283. The topological polar surface area (TPSA) is 68.5 Å². The first kappa shape index (κ1) is 14.6. The van der Waals surface area contributed by atoms with Gasteiger partial charge in [-0.15, -0.1) is 0 Å². The van der Waals surface area contributed by atoms with E-state index in [4.69, 9.17) is 9.15 Å². The zero-order chi connectivity index (χ0) is 14.5. The van der Waals surface area contributed by atoms with E-state index in [1.165, 1.54) is 18.8 Å². The molecule has 1 aromatic rings. The molecule has 1 amide bonds. The van der Waals surface area contributed by atoms with E-state index in [0.29, 0.717) is 5.92 Å². The Morgan fingerprint density at radius 1 is 1.40 bits per heavy atom. The first-order valence-electron chi connectivity index (χ1n) is 7.13. The van der Waals surface area contributed by atoms with E-state index in [1.807, 2.05) is 0 Å². The van der Waals surface area contributed by atoms with Crippen LogP contribution in [0.15, 0.2) is 22.8 Å². The normalized spacial score (nSPS) is 23.9. The summed E-state index contributed by atoms with van der Waals surface area (Å²) < 4.78 is 10.0. The first-order chi connectivity index (χ1) is 9.58. The van der Waals surface area contributed by atoms with Crippen LogP contribution in [0.25, 0.3) is 0 Å². The molecule has 1 aromatic heterocycles. The first-order valence-corrected chi connectivity index (χ1v) is 7.13. The number of esters is 1. The van der Waals surface area contributed by atoms with Gasteiger partial charge in [0.25, 0.3) is 5.91 Å². The van der Waals surface area contributed by atoms with Gasteiger partial charge in [-0.3, -0.25) is 4.79 Å². The Kier molecular flexibility index (Phi) is 4.82. The van der Waals surface area contributed by atoms with E-state index < -0.39 is 12.1 Å². The molecule has 5 nitrogen and oxygen atoms in total. The minimum Gasteiger partial charge on any atom is -0.457 e. The van der Waals surface area contributed by atoms with Crippen molar-refractivity contribution in [3.8, 4) is 0 Å². The molecule has 1 fully saturated rings. The van der Waals surface area contributed by atoms with Crippen molar-refractivity contribution in [3.63, 3.8) is 0 Å². The van der Waals surface area contributed by atoms with Crippen molar-refractivity contribution in [2.75, 3.05) is 0 Å². The Morgan fingerprint density at radius 2 is 2.15 bits per heavy atom. The number of ether oxygens (including phenoxy) is 1. The summed E-state index contributed by atoms with van der Waals surface area (Å²) in [4.78, 5) is 23.7. The molecule has 0 spiro atoms. The van der Waals surface area contributed by atoms with E-state index in [-0.39, 0.29) is 17.7 Å². The summed E-state index contributed by atoms with van der Waals surface area (Å²) >= 11 is 0. The summed E-state index contributed by atoms with van der Waals surface area (Å²) in [6, 6.07) is 3.29. The minimum atomic E-state index is -0.818. The molecule has 0 radical (unpaired) electrons. The number of furan rings is 1. The van der Waals surface area contributed by atoms with Crippen molar-refractivity contribution in [3.05, 3.63) is 24.2 Å². The molecule has 1 heterocycles. The molecular weight excluding hydrogens is 258 g/mol. The fourth-order valence-corrected chi connectivity index (χ4v) is 2.50. The summed E-state index contributed by atoms with van der Waals surface area (Å²) in [7, 11) is 0. The molecule has 2 rings (SSSR count). The second-order valence-electron chi connectivity index (χ2n) is 5.40. The largest absolute Gasteiger partial charge is 0.457 e. The number of nitrogens with one attached hydrogen (secondary N) is 1. The highest BCUT2D eigenvalue weighted by Gasteiger charge is 2.26. The van der Waals surface area contributed by atoms with Crippen molar-refractivity contribution >= 4 is 11.9 Å². The van der Waals surface area contributed by atoms with Crippen LogP contribution in [0.2, 0.25) is 0 Å². The van der Waals surface area contributed by atoms with E-state index in [9.17, 15) is 9.59 Å². The van der Waals surface area contributed by atoms with Crippen LogP contribution in [0.4, 0.5) is 0 Å². The Hall–Kier alpha value is -1.78. The quantitative estimate of drug-likeness (QED) is 0.860. The van der Waals surface area contributed by atoms with Gasteiger partial charge in [-0.2, -0.15) is 0 Å². The Morgan fingerprint density at radius 3 is 2.80 bits per heavy atom. The van der Waals surface area contributed by atoms with Crippen molar-refractivity contribution in [2.24, 2.45) is 5.92 Å². The van der Waals surface area contributed by atoms with Gasteiger partial charge < -0.3 is 14.5 Å².